The van der Waals surface area contributed by atoms with Crippen molar-refractivity contribution in [2.45, 2.75) is 19.4 Å². The number of benzene rings is 1. The summed E-state index contributed by atoms with van der Waals surface area (Å²) in [6.45, 7) is 3.15. The molecule has 0 bridgehead atoms. The molecule has 0 spiro atoms. The molecule has 1 amide bonds. The van der Waals surface area contributed by atoms with Gasteiger partial charge in [-0.05, 0) is 31.2 Å². The van der Waals surface area contributed by atoms with E-state index in [0.29, 0.717) is 23.8 Å². The molecule has 0 N–H and O–H groups in total. The van der Waals surface area contributed by atoms with Crippen molar-refractivity contribution in [3.63, 3.8) is 0 Å². The van der Waals surface area contributed by atoms with Crippen LogP contribution >= 0.6 is 11.6 Å². The number of likely N-dealkylation sites (tertiary alicyclic amines) is 1. The highest BCUT2D eigenvalue weighted by molar-refractivity contribution is 6.30. The molecule has 6 heteroatoms. The van der Waals surface area contributed by atoms with Crippen molar-refractivity contribution in [1.82, 2.24) is 14.7 Å². The molecule has 0 radical (unpaired) electrons. The Bertz CT molecular complexity index is 698. The van der Waals surface area contributed by atoms with E-state index < -0.39 is 0 Å². The van der Waals surface area contributed by atoms with Gasteiger partial charge >= 0.3 is 0 Å². The van der Waals surface area contributed by atoms with Crippen LogP contribution in [0.1, 0.15) is 22.6 Å². The van der Waals surface area contributed by atoms with Crippen molar-refractivity contribution >= 4 is 17.5 Å². The standard InChI is InChI=1S/C16H18ClN3O2/c1-11-8-15(19(2)18-11)16(21)20-7-6-14(10-20)22-13-5-3-4-12(17)9-13/h3-5,8-9,14H,6-7,10H2,1-2H3. The largest absolute Gasteiger partial charge is 0.488 e. The van der Waals surface area contributed by atoms with E-state index in [-0.39, 0.29) is 12.0 Å². The third-order valence-electron chi connectivity index (χ3n) is 3.75. The molecule has 1 aliphatic heterocycles. The van der Waals surface area contributed by atoms with Gasteiger partial charge in [0.1, 0.15) is 17.5 Å². The number of aromatic nitrogens is 2. The summed E-state index contributed by atoms with van der Waals surface area (Å²) in [6, 6.07) is 9.14. The van der Waals surface area contributed by atoms with Crippen molar-refractivity contribution in [2.75, 3.05) is 13.1 Å². The molecule has 1 aromatic carbocycles. The zero-order valence-electron chi connectivity index (χ0n) is 12.6. The minimum atomic E-state index is -0.00302. The van der Waals surface area contributed by atoms with Crippen LogP contribution in [0.15, 0.2) is 30.3 Å². The zero-order chi connectivity index (χ0) is 15.7. The first-order valence-corrected chi connectivity index (χ1v) is 7.63. The highest BCUT2D eigenvalue weighted by atomic mass is 35.5. The van der Waals surface area contributed by atoms with E-state index in [4.69, 9.17) is 16.3 Å². The van der Waals surface area contributed by atoms with Crippen LogP contribution in [0.25, 0.3) is 0 Å². The van der Waals surface area contributed by atoms with Gasteiger partial charge in [0.05, 0.1) is 12.2 Å². The number of halogens is 1. The van der Waals surface area contributed by atoms with Crippen LogP contribution < -0.4 is 4.74 Å². The van der Waals surface area contributed by atoms with E-state index in [1.54, 1.807) is 17.8 Å². The maximum atomic E-state index is 12.5. The van der Waals surface area contributed by atoms with Crippen LogP contribution in [0.4, 0.5) is 0 Å². The van der Waals surface area contributed by atoms with Crippen LogP contribution in [0, 0.1) is 6.92 Å². The Morgan fingerprint density at radius 2 is 2.23 bits per heavy atom. The SMILES string of the molecule is Cc1cc(C(=O)N2CCC(Oc3cccc(Cl)c3)C2)n(C)n1. The first-order chi connectivity index (χ1) is 10.5. The Morgan fingerprint density at radius 1 is 1.41 bits per heavy atom. The monoisotopic (exact) mass is 319 g/mol. The molecular formula is C16H18ClN3O2. The molecule has 0 saturated carbocycles. The quantitative estimate of drug-likeness (QED) is 0.874. The second kappa shape index (κ2) is 6.01. The zero-order valence-corrected chi connectivity index (χ0v) is 13.4. The summed E-state index contributed by atoms with van der Waals surface area (Å²) in [5, 5.41) is 4.87. The van der Waals surface area contributed by atoms with Crippen molar-refractivity contribution in [1.29, 1.82) is 0 Å². The number of amides is 1. The van der Waals surface area contributed by atoms with E-state index in [2.05, 4.69) is 5.10 Å². The summed E-state index contributed by atoms with van der Waals surface area (Å²) < 4.78 is 7.53. The van der Waals surface area contributed by atoms with E-state index >= 15 is 0 Å². The number of nitrogens with zero attached hydrogens (tertiary/aromatic N) is 3. The van der Waals surface area contributed by atoms with Gasteiger partial charge in [0.15, 0.2) is 0 Å². The second-order valence-electron chi connectivity index (χ2n) is 5.53. The summed E-state index contributed by atoms with van der Waals surface area (Å²) >= 11 is 5.95. The average Bonchev–Trinajstić information content (AvgIpc) is 3.05. The molecule has 1 fully saturated rings. The van der Waals surface area contributed by atoms with E-state index in [1.165, 1.54) is 0 Å². The number of carbonyl (C=O) groups excluding carboxylic acids is 1. The summed E-state index contributed by atoms with van der Waals surface area (Å²) in [5.41, 5.74) is 1.46. The number of hydrogen-bond donors (Lipinski definition) is 0. The van der Waals surface area contributed by atoms with E-state index in [0.717, 1.165) is 17.9 Å². The Hall–Kier alpha value is -2.01. The summed E-state index contributed by atoms with van der Waals surface area (Å²) in [5.74, 6) is 0.739. The maximum absolute atomic E-state index is 12.5. The van der Waals surface area contributed by atoms with Crippen LogP contribution in [-0.2, 0) is 7.05 Å². The summed E-state index contributed by atoms with van der Waals surface area (Å²) in [4.78, 5) is 14.3. The summed E-state index contributed by atoms with van der Waals surface area (Å²) in [6.07, 6.45) is 0.812. The Labute approximate surface area is 134 Å². The smallest absolute Gasteiger partial charge is 0.272 e. The molecule has 5 nitrogen and oxygen atoms in total. The van der Waals surface area contributed by atoms with E-state index in [9.17, 15) is 4.79 Å². The van der Waals surface area contributed by atoms with Crippen LogP contribution in [0.2, 0.25) is 5.02 Å². The molecule has 1 aromatic heterocycles. The number of aryl methyl sites for hydroxylation is 2. The lowest BCUT2D eigenvalue weighted by atomic mass is 10.3. The molecule has 3 rings (SSSR count). The predicted octanol–water partition coefficient (Wildman–Crippen LogP) is 2.68. The van der Waals surface area contributed by atoms with Gasteiger partial charge in [-0.25, -0.2) is 0 Å². The van der Waals surface area contributed by atoms with Gasteiger partial charge in [0.2, 0.25) is 0 Å². The second-order valence-corrected chi connectivity index (χ2v) is 5.97. The minimum Gasteiger partial charge on any atom is -0.488 e. The lowest BCUT2D eigenvalue weighted by Crippen LogP contribution is -2.32. The first-order valence-electron chi connectivity index (χ1n) is 7.25. The van der Waals surface area contributed by atoms with Gasteiger partial charge in [-0.3, -0.25) is 9.48 Å². The molecular weight excluding hydrogens is 302 g/mol. The van der Waals surface area contributed by atoms with Gasteiger partial charge in [-0.2, -0.15) is 5.10 Å². The molecule has 1 saturated heterocycles. The summed E-state index contributed by atoms with van der Waals surface area (Å²) in [7, 11) is 1.79. The molecule has 22 heavy (non-hydrogen) atoms. The number of carbonyl (C=O) groups is 1. The molecule has 116 valence electrons. The lowest BCUT2D eigenvalue weighted by Gasteiger charge is -2.17. The third-order valence-corrected chi connectivity index (χ3v) is 3.99. The topological polar surface area (TPSA) is 47.4 Å². The Balaban J connectivity index is 1.65. The minimum absolute atomic E-state index is 0.000272. The van der Waals surface area contributed by atoms with Gasteiger partial charge in [-0.1, -0.05) is 17.7 Å². The maximum Gasteiger partial charge on any atom is 0.272 e. The predicted molar refractivity (Wildman–Crippen MR) is 84.3 cm³/mol. The molecule has 1 unspecified atom stereocenters. The van der Waals surface area contributed by atoms with Crippen LogP contribution in [0.3, 0.4) is 0 Å². The fourth-order valence-corrected chi connectivity index (χ4v) is 2.89. The van der Waals surface area contributed by atoms with E-state index in [1.807, 2.05) is 36.1 Å². The van der Waals surface area contributed by atoms with Gasteiger partial charge in [0.25, 0.3) is 5.91 Å². The fourth-order valence-electron chi connectivity index (χ4n) is 2.71. The van der Waals surface area contributed by atoms with Crippen LogP contribution in [-0.4, -0.2) is 39.8 Å². The van der Waals surface area contributed by atoms with Gasteiger partial charge in [-0.15, -0.1) is 0 Å². The molecule has 1 aliphatic rings. The Morgan fingerprint density at radius 3 is 2.91 bits per heavy atom. The highest BCUT2D eigenvalue weighted by Gasteiger charge is 2.29. The van der Waals surface area contributed by atoms with Gasteiger partial charge in [0, 0.05) is 25.0 Å². The fraction of sp³-hybridized carbons (Fsp3) is 0.375. The molecule has 2 aromatic rings. The molecule has 2 heterocycles. The number of rotatable bonds is 3. The lowest BCUT2D eigenvalue weighted by molar-refractivity contribution is 0.0761. The van der Waals surface area contributed by atoms with Crippen molar-refractivity contribution in [3.05, 3.63) is 46.7 Å². The highest BCUT2D eigenvalue weighted by Crippen LogP contribution is 2.22. The molecule has 0 aliphatic carbocycles. The number of ether oxygens (including phenoxy) is 1. The van der Waals surface area contributed by atoms with Crippen molar-refractivity contribution < 1.29 is 9.53 Å². The third kappa shape index (κ3) is 3.09. The van der Waals surface area contributed by atoms with Crippen molar-refractivity contribution in [2.24, 2.45) is 7.05 Å². The average molecular weight is 320 g/mol. The van der Waals surface area contributed by atoms with Crippen molar-refractivity contribution in [3.8, 4) is 5.75 Å². The van der Waals surface area contributed by atoms with Crippen LogP contribution in [0.5, 0.6) is 5.75 Å². The Kier molecular flexibility index (Phi) is 4.07. The number of hydrogen-bond acceptors (Lipinski definition) is 3. The normalized spacial score (nSPS) is 17.8. The first kappa shape index (κ1) is 14.9. The van der Waals surface area contributed by atoms with Gasteiger partial charge < -0.3 is 9.64 Å². The molecule has 1 atom stereocenters.